The van der Waals surface area contributed by atoms with E-state index >= 15 is 0 Å². The molecule has 0 radical (unpaired) electrons. The molecule has 9 heteroatoms. The summed E-state index contributed by atoms with van der Waals surface area (Å²) in [5, 5.41) is 12.7. The van der Waals surface area contributed by atoms with Crippen LogP contribution in [0.1, 0.15) is 80.4 Å². The van der Waals surface area contributed by atoms with Crippen molar-refractivity contribution in [1.29, 1.82) is 0 Å². The third-order valence-electron chi connectivity index (χ3n) is 9.56. The average molecular weight is 620 g/mol. The zero-order valence-electron chi connectivity index (χ0n) is 25.8. The highest BCUT2D eigenvalue weighted by molar-refractivity contribution is 6.01. The zero-order valence-corrected chi connectivity index (χ0v) is 25.8. The van der Waals surface area contributed by atoms with Gasteiger partial charge >= 0.3 is 0 Å². The average Bonchev–Trinajstić information content (AvgIpc) is 3.99. The van der Waals surface area contributed by atoms with Crippen LogP contribution in [0, 0.1) is 12.4 Å². The third kappa shape index (κ3) is 5.51. The predicted octanol–water partition coefficient (Wildman–Crippen LogP) is 6.91. The number of ketones is 2. The number of carbonyl (C=O) groups excluding carboxylic acids is 2. The molecule has 2 fully saturated rings. The van der Waals surface area contributed by atoms with Crippen molar-refractivity contribution >= 4 is 22.5 Å². The molecule has 7 rings (SSSR count). The van der Waals surface area contributed by atoms with E-state index in [9.17, 15) is 19.1 Å². The lowest BCUT2D eigenvalue weighted by Crippen LogP contribution is -2.36. The van der Waals surface area contributed by atoms with Gasteiger partial charge in [0.05, 0.1) is 23.6 Å². The number of Topliss-reactive ketones (excluding diaryl/α,β-unsaturated/α-hetero) is 2. The summed E-state index contributed by atoms with van der Waals surface area (Å²) in [6.07, 6.45) is 5.36. The molecule has 3 heterocycles. The third-order valence-corrected chi connectivity index (χ3v) is 9.56. The van der Waals surface area contributed by atoms with E-state index in [-0.39, 0.29) is 49.2 Å². The van der Waals surface area contributed by atoms with Gasteiger partial charge in [-0.2, -0.15) is 0 Å². The number of hydrogen-bond acceptors (Lipinski definition) is 7. The monoisotopic (exact) mass is 619 g/mol. The molecular weight excluding hydrogens is 585 g/mol. The zero-order chi connectivity index (χ0) is 32.3. The summed E-state index contributed by atoms with van der Waals surface area (Å²) in [7, 11) is 0. The minimum atomic E-state index is -1.56. The van der Waals surface area contributed by atoms with Crippen LogP contribution in [0.3, 0.4) is 0 Å². The maximum Gasteiger partial charge on any atom is 0.240 e. The number of fused-ring (bicyclic) bond motifs is 2. The summed E-state index contributed by atoms with van der Waals surface area (Å²) < 4.78 is 26.0. The molecule has 4 aromatic rings. The molecule has 0 bridgehead atoms. The first-order valence-electron chi connectivity index (χ1n) is 15.7. The van der Waals surface area contributed by atoms with Crippen molar-refractivity contribution in [3.63, 3.8) is 0 Å². The largest absolute Gasteiger partial charge is 0.490 e. The second-order valence-corrected chi connectivity index (χ2v) is 13.4. The maximum absolute atomic E-state index is 13.9. The number of ether oxygens (including phenoxy) is 2. The number of hydrogen-bond donors (Lipinski definition) is 1. The Morgan fingerprint density at radius 3 is 2.63 bits per heavy atom. The molecule has 3 aliphatic rings. The number of nitrogens with zero attached hydrogens (tertiary/aromatic N) is 3. The smallest absolute Gasteiger partial charge is 0.240 e. The minimum absolute atomic E-state index is 0.0203. The molecule has 2 atom stereocenters. The van der Waals surface area contributed by atoms with Gasteiger partial charge in [-0.25, -0.2) is 15.9 Å². The minimum Gasteiger partial charge on any atom is -0.490 e. The van der Waals surface area contributed by atoms with E-state index < -0.39 is 22.4 Å². The fraction of sp³-hybridized carbons (Fsp3) is 0.378. The van der Waals surface area contributed by atoms with Gasteiger partial charge in [-0.1, -0.05) is 6.07 Å². The van der Waals surface area contributed by atoms with Crippen LogP contribution >= 0.6 is 0 Å². The van der Waals surface area contributed by atoms with Gasteiger partial charge in [0.15, 0.2) is 11.6 Å². The van der Waals surface area contributed by atoms with Crippen molar-refractivity contribution in [2.75, 3.05) is 6.61 Å². The lowest BCUT2D eigenvalue weighted by molar-refractivity contribution is -0.124. The highest BCUT2D eigenvalue weighted by atomic mass is 19.1. The van der Waals surface area contributed by atoms with Crippen LogP contribution in [0.25, 0.3) is 27.0 Å². The molecule has 234 valence electrons. The van der Waals surface area contributed by atoms with Gasteiger partial charge < -0.3 is 19.4 Å². The van der Waals surface area contributed by atoms with E-state index in [1.165, 1.54) is 12.1 Å². The molecule has 2 aliphatic carbocycles. The standard InChI is InChI=1S/C37H34FN3O5/c1-35(31(43)20-37(39-3)14-15-37)21-45-34-27(35)19-30(41-33(34)22-6-8-25(38)9-7-22)36(2,44)13-12-28(42)24-17-23-5-4-16-40-32(23)29(18-24)46-26-10-11-26/h4-9,16-19,26,44H,10-15,20-21H2,1-2H3/t35-,36-/m0/s1. The van der Waals surface area contributed by atoms with Crippen LogP contribution in [0.2, 0.25) is 0 Å². The molecule has 0 unspecified atom stereocenters. The number of aromatic nitrogens is 2. The van der Waals surface area contributed by atoms with Crippen molar-refractivity contribution < 1.29 is 28.6 Å². The quantitative estimate of drug-likeness (QED) is 0.144. The van der Waals surface area contributed by atoms with Gasteiger partial charge in [0.2, 0.25) is 5.54 Å². The van der Waals surface area contributed by atoms with Crippen LogP contribution in [-0.4, -0.2) is 44.9 Å². The lowest BCUT2D eigenvalue weighted by Gasteiger charge is -2.26. The molecule has 8 nitrogen and oxygen atoms in total. The molecule has 2 aromatic heterocycles. The molecule has 1 aliphatic heterocycles. The molecule has 46 heavy (non-hydrogen) atoms. The van der Waals surface area contributed by atoms with Gasteiger partial charge in [-0.05, 0) is 81.6 Å². The number of pyridine rings is 2. The first kappa shape index (κ1) is 30.0. The van der Waals surface area contributed by atoms with E-state index in [2.05, 4.69) is 9.83 Å². The normalized spacial score (nSPS) is 20.7. The van der Waals surface area contributed by atoms with Crippen molar-refractivity contribution in [3.8, 4) is 22.8 Å². The van der Waals surface area contributed by atoms with Gasteiger partial charge in [0.1, 0.15) is 40.7 Å². The van der Waals surface area contributed by atoms with Crippen molar-refractivity contribution in [1.82, 2.24) is 9.97 Å². The number of halogens is 1. The van der Waals surface area contributed by atoms with Gasteiger partial charge in [-0.15, -0.1) is 0 Å². The van der Waals surface area contributed by atoms with E-state index in [1.807, 2.05) is 12.1 Å². The first-order valence-corrected chi connectivity index (χ1v) is 15.7. The number of rotatable bonds is 11. The first-order chi connectivity index (χ1) is 22.0. The van der Waals surface area contributed by atoms with Crippen LogP contribution in [0.4, 0.5) is 4.39 Å². The summed E-state index contributed by atoms with van der Waals surface area (Å²) in [6, 6.07) is 14.7. The second-order valence-electron chi connectivity index (χ2n) is 13.4. The summed E-state index contributed by atoms with van der Waals surface area (Å²) in [5.41, 5.74) is -0.308. The summed E-state index contributed by atoms with van der Waals surface area (Å²) in [5.74, 6) is 0.302. The Balaban J connectivity index is 1.21. The molecule has 0 amide bonds. The fourth-order valence-corrected chi connectivity index (χ4v) is 6.06. The molecule has 2 saturated carbocycles. The van der Waals surface area contributed by atoms with E-state index in [4.69, 9.17) is 21.0 Å². The van der Waals surface area contributed by atoms with Crippen LogP contribution in [0.15, 0.2) is 60.8 Å². The highest BCUT2D eigenvalue weighted by Crippen LogP contribution is 2.50. The van der Waals surface area contributed by atoms with E-state index in [0.29, 0.717) is 52.2 Å². The number of carbonyl (C=O) groups is 2. The summed E-state index contributed by atoms with van der Waals surface area (Å²) >= 11 is 0. The Hall–Kier alpha value is -4.68. The van der Waals surface area contributed by atoms with Crippen molar-refractivity contribution in [3.05, 3.63) is 94.8 Å². The predicted molar refractivity (Wildman–Crippen MR) is 169 cm³/mol. The molecule has 0 spiro atoms. The second kappa shape index (κ2) is 11.0. The highest BCUT2D eigenvalue weighted by Gasteiger charge is 2.56. The lowest BCUT2D eigenvalue weighted by atomic mass is 9.76. The van der Waals surface area contributed by atoms with Gasteiger partial charge in [-0.3, -0.25) is 14.6 Å². The maximum atomic E-state index is 13.9. The van der Waals surface area contributed by atoms with Gasteiger partial charge in [0.25, 0.3) is 0 Å². The van der Waals surface area contributed by atoms with Crippen LogP contribution in [-0.2, 0) is 15.8 Å². The Kier molecular flexibility index (Phi) is 7.17. The topological polar surface area (TPSA) is 103 Å². The van der Waals surface area contributed by atoms with Gasteiger partial charge in [0, 0.05) is 47.5 Å². The molecule has 1 N–H and O–H groups in total. The van der Waals surface area contributed by atoms with Crippen LogP contribution in [0.5, 0.6) is 11.5 Å². The Bertz CT molecular complexity index is 1920. The van der Waals surface area contributed by atoms with Crippen molar-refractivity contribution in [2.24, 2.45) is 0 Å². The van der Waals surface area contributed by atoms with Crippen molar-refractivity contribution in [2.45, 2.75) is 81.5 Å². The van der Waals surface area contributed by atoms with Crippen LogP contribution < -0.4 is 9.47 Å². The Morgan fingerprint density at radius 1 is 1.17 bits per heavy atom. The Morgan fingerprint density at radius 2 is 1.93 bits per heavy atom. The molecule has 0 saturated heterocycles. The summed E-state index contributed by atoms with van der Waals surface area (Å²) in [4.78, 5) is 40.3. The SMILES string of the molecule is [C-]#[N+]C1(CC(=O)[C@@]2(C)COc3c2cc([C@@](C)(O)CCC(=O)c2cc(OC4CC4)c4ncccc4c2)nc3-c2ccc(F)cc2)CC1. The number of benzene rings is 2. The molecular formula is C37H34FN3O5. The number of aliphatic hydroxyl groups is 1. The summed E-state index contributed by atoms with van der Waals surface area (Å²) in [6.45, 7) is 11.0. The van der Waals surface area contributed by atoms with E-state index in [0.717, 1.165) is 18.2 Å². The van der Waals surface area contributed by atoms with E-state index in [1.54, 1.807) is 50.4 Å². The Labute approximate surface area is 266 Å². The molecule has 2 aromatic carbocycles. The fourth-order valence-electron chi connectivity index (χ4n) is 6.06.